The molecule has 1 aromatic rings. The van der Waals surface area contributed by atoms with Gasteiger partial charge in [-0.2, -0.15) is 0 Å². The lowest BCUT2D eigenvalue weighted by atomic mass is 10.0. The van der Waals surface area contributed by atoms with Crippen LogP contribution in [0.3, 0.4) is 0 Å². The van der Waals surface area contributed by atoms with Crippen molar-refractivity contribution in [2.75, 3.05) is 39.1 Å². The number of thiocarbonyl (C=S) groups is 1. The second-order valence-corrected chi connectivity index (χ2v) is 6.26. The van der Waals surface area contributed by atoms with Gasteiger partial charge in [0.2, 0.25) is 0 Å². The number of esters is 1. The molecule has 5 nitrogen and oxygen atoms in total. The van der Waals surface area contributed by atoms with E-state index in [0.717, 1.165) is 31.6 Å². The highest BCUT2D eigenvalue weighted by molar-refractivity contribution is 7.80. The molecule has 0 bridgehead atoms. The van der Waals surface area contributed by atoms with Gasteiger partial charge in [0, 0.05) is 18.8 Å². The summed E-state index contributed by atoms with van der Waals surface area (Å²) in [4.78, 5) is 16.1. The quantitative estimate of drug-likeness (QED) is 0.674. The van der Waals surface area contributed by atoms with Crippen LogP contribution < -0.4 is 5.32 Å². The standard InChI is InChI=1S/C17H25N3O2S/c1-4-22-16(21)13-5-7-14(8-6-13)18-17(23)20(3)15-9-11-19(2)12-10-15/h5-8,15H,4,9-12H2,1-3H3,(H,18,23). The highest BCUT2D eigenvalue weighted by Gasteiger charge is 2.22. The summed E-state index contributed by atoms with van der Waals surface area (Å²) in [5, 5.41) is 3.95. The van der Waals surface area contributed by atoms with Gasteiger partial charge in [-0.05, 0) is 76.4 Å². The number of nitrogens with zero attached hydrogens (tertiary/aromatic N) is 2. The lowest BCUT2D eigenvalue weighted by molar-refractivity contribution is 0.0526. The first-order valence-electron chi connectivity index (χ1n) is 8.00. The van der Waals surface area contributed by atoms with Crippen LogP contribution in [0.4, 0.5) is 5.69 Å². The predicted octanol–water partition coefficient (Wildman–Crippen LogP) is 2.59. The zero-order chi connectivity index (χ0) is 16.8. The molecule has 0 radical (unpaired) electrons. The Labute approximate surface area is 143 Å². The minimum Gasteiger partial charge on any atom is -0.462 e. The van der Waals surface area contributed by atoms with E-state index < -0.39 is 0 Å². The van der Waals surface area contributed by atoms with Crippen molar-refractivity contribution in [3.8, 4) is 0 Å². The first-order valence-corrected chi connectivity index (χ1v) is 8.41. The van der Waals surface area contributed by atoms with Crippen LogP contribution in [0.2, 0.25) is 0 Å². The highest BCUT2D eigenvalue weighted by Crippen LogP contribution is 2.16. The molecule has 1 aliphatic rings. The van der Waals surface area contributed by atoms with Gasteiger partial charge in [0.15, 0.2) is 5.11 Å². The summed E-state index contributed by atoms with van der Waals surface area (Å²) in [6, 6.07) is 7.67. The summed E-state index contributed by atoms with van der Waals surface area (Å²) in [5.74, 6) is -0.301. The molecule has 0 unspecified atom stereocenters. The number of hydrogen-bond acceptors (Lipinski definition) is 4. The second-order valence-electron chi connectivity index (χ2n) is 5.87. The molecule has 1 fully saturated rings. The molecule has 0 saturated carbocycles. The topological polar surface area (TPSA) is 44.8 Å². The predicted molar refractivity (Wildman–Crippen MR) is 96.9 cm³/mol. The van der Waals surface area contributed by atoms with Crippen LogP contribution in [0, 0.1) is 0 Å². The number of hydrogen-bond donors (Lipinski definition) is 1. The molecular weight excluding hydrogens is 310 g/mol. The number of ether oxygens (including phenoxy) is 1. The third-order valence-electron chi connectivity index (χ3n) is 4.20. The van der Waals surface area contributed by atoms with Crippen molar-refractivity contribution in [2.45, 2.75) is 25.8 Å². The monoisotopic (exact) mass is 335 g/mol. The van der Waals surface area contributed by atoms with E-state index in [1.165, 1.54) is 0 Å². The molecular formula is C17H25N3O2S. The lowest BCUT2D eigenvalue weighted by Gasteiger charge is -2.36. The molecule has 126 valence electrons. The van der Waals surface area contributed by atoms with Gasteiger partial charge in [-0.15, -0.1) is 0 Å². The Morgan fingerprint density at radius 3 is 2.52 bits per heavy atom. The number of nitrogens with one attached hydrogen (secondary N) is 1. The lowest BCUT2D eigenvalue weighted by Crippen LogP contribution is -2.45. The maximum atomic E-state index is 11.6. The van der Waals surface area contributed by atoms with E-state index >= 15 is 0 Å². The molecule has 1 aromatic carbocycles. The Kier molecular flexibility index (Phi) is 6.36. The van der Waals surface area contributed by atoms with Gasteiger partial charge in [0.05, 0.1) is 12.2 Å². The van der Waals surface area contributed by atoms with Crippen molar-refractivity contribution in [2.24, 2.45) is 0 Å². The van der Waals surface area contributed by atoms with E-state index in [9.17, 15) is 4.79 Å². The Balaban J connectivity index is 1.90. The Morgan fingerprint density at radius 1 is 1.35 bits per heavy atom. The number of rotatable bonds is 4. The number of carbonyl (C=O) groups excluding carboxylic acids is 1. The van der Waals surface area contributed by atoms with Gasteiger partial charge < -0.3 is 19.9 Å². The van der Waals surface area contributed by atoms with Gasteiger partial charge in [0.1, 0.15) is 0 Å². The molecule has 0 spiro atoms. The molecule has 2 rings (SSSR count). The number of carbonyl (C=O) groups is 1. The molecule has 23 heavy (non-hydrogen) atoms. The van der Waals surface area contributed by atoms with Crippen LogP contribution >= 0.6 is 12.2 Å². The Hall–Kier alpha value is -1.66. The first-order chi connectivity index (χ1) is 11.0. The smallest absolute Gasteiger partial charge is 0.338 e. The molecule has 0 aromatic heterocycles. The average Bonchev–Trinajstić information content (AvgIpc) is 2.55. The maximum Gasteiger partial charge on any atom is 0.338 e. The van der Waals surface area contributed by atoms with Crippen LogP contribution in [0.5, 0.6) is 0 Å². The molecule has 1 saturated heterocycles. The summed E-state index contributed by atoms with van der Waals surface area (Å²) < 4.78 is 4.98. The van der Waals surface area contributed by atoms with Crippen molar-refractivity contribution < 1.29 is 9.53 Å². The van der Waals surface area contributed by atoms with Crippen LogP contribution in [-0.4, -0.2) is 60.7 Å². The molecule has 1 heterocycles. The van der Waals surface area contributed by atoms with E-state index in [2.05, 4.69) is 22.2 Å². The zero-order valence-corrected chi connectivity index (χ0v) is 14.9. The van der Waals surface area contributed by atoms with Crippen LogP contribution in [0.1, 0.15) is 30.1 Å². The van der Waals surface area contributed by atoms with Crippen molar-refractivity contribution in [3.63, 3.8) is 0 Å². The van der Waals surface area contributed by atoms with Gasteiger partial charge in [-0.3, -0.25) is 0 Å². The maximum absolute atomic E-state index is 11.6. The number of benzene rings is 1. The fourth-order valence-electron chi connectivity index (χ4n) is 2.66. The number of likely N-dealkylation sites (tertiary alicyclic amines) is 1. The fourth-order valence-corrected chi connectivity index (χ4v) is 2.93. The molecule has 6 heteroatoms. The van der Waals surface area contributed by atoms with Crippen LogP contribution in [0.15, 0.2) is 24.3 Å². The Morgan fingerprint density at radius 2 is 1.96 bits per heavy atom. The van der Waals surface area contributed by atoms with Gasteiger partial charge >= 0.3 is 5.97 Å². The third-order valence-corrected chi connectivity index (χ3v) is 4.59. The van der Waals surface area contributed by atoms with Crippen molar-refractivity contribution in [1.82, 2.24) is 9.80 Å². The second kappa shape index (κ2) is 8.26. The van der Waals surface area contributed by atoms with E-state index in [1.54, 1.807) is 19.1 Å². The van der Waals surface area contributed by atoms with E-state index in [4.69, 9.17) is 17.0 Å². The zero-order valence-electron chi connectivity index (χ0n) is 14.0. The highest BCUT2D eigenvalue weighted by atomic mass is 32.1. The van der Waals surface area contributed by atoms with Crippen molar-refractivity contribution >= 4 is 29.0 Å². The summed E-state index contributed by atoms with van der Waals surface area (Å²) in [6.07, 6.45) is 2.24. The largest absolute Gasteiger partial charge is 0.462 e. The summed E-state index contributed by atoms with van der Waals surface area (Å²) in [6.45, 7) is 4.38. The molecule has 1 aliphatic heterocycles. The van der Waals surface area contributed by atoms with E-state index in [0.29, 0.717) is 23.3 Å². The van der Waals surface area contributed by atoms with Crippen LogP contribution in [-0.2, 0) is 4.74 Å². The first kappa shape index (κ1) is 17.7. The molecule has 0 atom stereocenters. The molecule has 1 N–H and O–H groups in total. The summed E-state index contributed by atoms with van der Waals surface area (Å²) >= 11 is 5.50. The van der Waals surface area contributed by atoms with Gasteiger partial charge in [0.25, 0.3) is 0 Å². The minimum absolute atomic E-state index is 0.301. The van der Waals surface area contributed by atoms with Crippen molar-refractivity contribution in [3.05, 3.63) is 29.8 Å². The van der Waals surface area contributed by atoms with Crippen molar-refractivity contribution in [1.29, 1.82) is 0 Å². The van der Waals surface area contributed by atoms with Crippen LogP contribution in [0.25, 0.3) is 0 Å². The normalized spacial score (nSPS) is 16.0. The summed E-state index contributed by atoms with van der Waals surface area (Å²) in [7, 11) is 4.19. The van der Waals surface area contributed by atoms with E-state index in [1.807, 2.05) is 19.2 Å². The minimum atomic E-state index is -0.301. The third kappa shape index (κ3) is 4.91. The fraction of sp³-hybridized carbons (Fsp3) is 0.529. The van der Waals surface area contributed by atoms with Gasteiger partial charge in [-0.25, -0.2) is 4.79 Å². The molecule has 0 amide bonds. The van der Waals surface area contributed by atoms with Gasteiger partial charge in [-0.1, -0.05) is 0 Å². The molecule has 0 aliphatic carbocycles. The SMILES string of the molecule is CCOC(=O)c1ccc(NC(=S)N(C)C2CCN(C)CC2)cc1. The number of piperidine rings is 1. The average molecular weight is 335 g/mol. The summed E-state index contributed by atoms with van der Waals surface area (Å²) in [5.41, 5.74) is 1.43. The number of anilines is 1. The Bertz CT molecular complexity index is 539. The van der Waals surface area contributed by atoms with E-state index in [-0.39, 0.29) is 5.97 Å².